The number of ether oxygens (including phenoxy) is 1. The Bertz CT molecular complexity index is 907. The Morgan fingerprint density at radius 1 is 1.19 bits per heavy atom. The quantitative estimate of drug-likeness (QED) is 0.659. The highest BCUT2D eigenvalue weighted by atomic mass is 16.5. The second-order valence-corrected chi connectivity index (χ2v) is 7.34. The van der Waals surface area contributed by atoms with E-state index >= 15 is 0 Å². The van der Waals surface area contributed by atoms with Crippen molar-refractivity contribution in [1.29, 1.82) is 0 Å². The van der Waals surface area contributed by atoms with Gasteiger partial charge in [-0.25, -0.2) is 4.79 Å². The standard InChI is InChI=1S/C17H28N6O4/c1-11(2)27-10-12(24)9-23-13-14(21(4)17(26)19-15(13)25)18-16(23)22-7-5-20(3)6-8-22/h11-12,24H,5-10H2,1-4H3,(H,19,25,26)/t12-/m1/s1. The second kappa shape index (κ2) is 7.83. The van der Waals surface area contributed by atoms with E-state index in [2.05, 4.69) is 26.8 Å². The minimum absolute atomic E-state index is 0.000470. The summed E-state index contributed by atoms with van der Waals surface area (Å²) in [4.78, 5) is 35.7. The van der Waals surface area contributed by atoms with Crippen LogP contribution >= 0.6 is 0 Å². The van der Waals surface area contributed by atoms with Crippen LogP contribution in [0.2, 0.25) is 0 Å². The molecule has 3 rings (SSSR count). The van der Waals surface area contributed by atoms with Crippen LogP contribution < -0.4 is 16.1 Å². The molecule has 0 radical (unpaired) electrons. The van der Waals surface area contributed by atoms with Crippen LogP contribution in [0.4, 0.5) is 5.95 Å². The maximum atomic E-state index is 12.5. The number of fused-ring (bicyclic) bond motifs is 1. The Morgan fingerprint density at radius 3 is 2.48 bits per heavy atom. The molecule has 1 atom stereocenters. The van der Waals surface area contributed by atoms with Crippen molar-refractivity contribution in [3.8, 4) is 0 Å². The molecule has 1 saturated heterocycles. The second-order valence-electron chi connectivity index (χ2n) is 7.34. The Hall–Kier alpha value is -2.17. The average Bonchev–Trinajstić information content (AvgIpc) is 2.98. The molecule has 0 amide bonds. The molecule has 2 aromatic rings. The third-order valence-corrected chi connectivity index (χ3v) is 4.79. The van der Waals surface area contributed by atoms with Gasteiger partial charge in [0.25, 0.3) is 5.56 Å². The van der Waals surface area contributed by atoms with E-state index in [0.29, 0.717) is 11.6 Å². The Balaban J connectivity index is 2.04. The predicted octanol–water partition coefficient (Wildman–Crippen LogP) is -1.04. The van der Waals surface area contributed by atoms with Gasteiger partial charge in [-0.05, 0) is 20.9 Å². The minimum Gasteiger partial charge on any atom is -0.389 e. The number of H-pyrrole nitrogens is 1. The summed E-state index contributed by atoms with van der Waals surface area (Å²) in [5.41, 5.74) is -0.409. The predicted molar refractivity (Wildman–Crippen MR) is 102 cm³/mol. The van der Waals surface area contributed by atoms with Crippen molar-refractivity contribution in [2.75, 3.05) is 44.7 Å². The number of hydrogen-bond acceptors (Lipinski definition) is 7. The molecule has 0 spiro atoms. The highest BCUT2D eigenvalue weighted by Crippen LogP contribution is 2.21. The lowest BCUT2D eigenvalue weighted by Crippen LogP contribution is -2.45. The number of nitrogens with one attached hydrogen (secondary N) is 1. The number of aromatic nitrogens is 4. The summed E-state index contributed by atoms with van der Waals surface area (Å²) >= 11 is 0. The summed E-state index contributed by atoms with van der Waals surface area (Å²) in [6.07, 6.45) is -0.798. The van der Waals surface area contributed by atoms with Crippen LogP contribution in [-0.4, -0.2) is 81.2 Å². The average molecular weight is 380 g/mol. The van der Waals surface area contributed by atoms with Gasteiger partial charge in [0.05, 0.1) is 25.4 Å². The fraction of sp³-hybridized carbons (Fsp3) is 0.706. The molecule has 3 heterocycles. The van der Waals surface area contributed by atoms with Crippen LogP contribution in [0.25, 0.3) is 11.2 Å². The van der Waals surface area contributed by atoms with Crippen molar-refractivity contribution < 1.29 is 9.84 Å². The lowest BCUT2D eigenvalue weighted by molar-refractivity contribution is -0.000195. The van der Waals surface area contributed by atoms with E-state index in [1.54, 1.807) is 11.6 Å². The Morgan fingerprint density at radius 2 is 1.85 bits per heavy atom. The smallest absolute Gasteiger partial charge is 0.329 e. The molecule has 0 aromatic carbocycles. The summed E-state index contributed by atoms with van der Waals surface area (Å²) in [5.74, 6) is 0.591. The van der Waals surface area contributed by atoms with Gasteiger partial charge in [-0.3, -0.25) is 14.3 Å². The molecule has 2 aromatic heterocycles. The lowest BCUT2D eigenvalue weighted by Gasteiger charge is -2.33. The van der Waals surface area contributed by atoms with Crippen LogP contribution in [0.5, 0.6) is 0 Å². The summed E-state index contributed by atoms with van der Waals surface area (Å²) in [7, 11) is 3.63. The van der Waals surface area contributed by atoms with E-state index in [1.165, 1.54) is 4.57 Å². The molecule has 0 aliphatic carbocycles. The minimum atomic E-state index is -0.798. The van der Waals surface area contributed by atoms with Crippen molar-refractivity contribution in [2.45, 2.75) is 32.6 Å². The van der Waals surface area contributed by atoms with E-state index in [0.717, 1.165) is 26.2 Å². The molecule has 1 aliphatic rings. The van der Waals surface area contributed by atoms with Crippen molar-refractivity contribution in [3.05, 3.63) is 20.8 Å². The maximum absolute atomic E-state index is 12.5. The molecule has 10 nitrogen and oxygen atoms in total. The lowest BCUT2D eigenvalue weighted by atomic mass is 10.3. The Kier molecular flexibility index (Phi) is 5.68. The van der Waals surface area contributed by atoms with E-state index in [1.807, 2.05) is 13.8 Å². The highest BCUT2D eigenvalue weighted by molar-refractivity contribution is 5.74. The van der Waals surface area contributed by atoms with Crippen LogP contribution in [-0.2, 0) is 18.3 Å². The number of rotatable bonds is 6. The number of aromatic amines is 1. The van der Waals surface area contributed by atoms with Crippen LogP contribution in [0.15, 0.2) is 9.59 Å². The third-order valence-electron chi connectivity index (χ3n) is 4.79. The first-order valence-electron chi connectivity index (χ1n) is 9.20. The number of aliphatic hydroxyl groups excluding tert-OH is 1. The van der Waals surface area contributed by atoms with Gasteiger partial charge in [0.15, 0.2) is 11.2 Å². The van der Waals surface area contributed by atoms with Crippen molar-refractivity contribution in [2.24, 2.45) is 7.05 Å². The molecule has 0 saturated carbocycles. The molecule has 1 fully saturated rings. The summed E-state index contributed by atoms with van der Waals surface area (Å²) in [6, 6.07) is 0. The first-order valence-corrected chi connectivity index (χ1v) is 9.20. The van der Waals surface area contributed by atoms with Gasteiger partial charge in [0, 0.05) is 33.2 Å². The molecule has 0 bridgehead atoms. The monoisotopic (exact) mass is 380 g/mol. The summed E-state index contributed by atoms with van der Waals surface area (Å²) in [6.45, 7) is 7.36. The van der Waals surface area contributed by atoms with Crippen LogP contribution in [0.1, 0.15) is 13.8 Å². The van der Waals surface area contributed by atoms with Crippen LogP contribution in [0, 0.1) is 0 Å². The summed E-state index contributed by atoms with van der Waals surface area (Å²) in [5, 5.41) is 10.4. The van der Waals surface area contributed by atoms with Gasteiger partial charge in [-0.15, -0.1) is 0 Å². The zero-order valence-corrected chi connectivity index (χ0v) is 16.3. The molecule has 150 valence electrons. The molecule has 27 heavy (non-hydrogen) atoms. The molecule has 10 heteroatoms. The number of aryl methyl sites for hydroxylation is 1. The Labute approximate surface area is 157 Å². The number of nitrogens with zero attached hydrogens (tertiary/aromatic N) is 5. The number of likely N-dealkylation sites (N-methyl/N-ethyl adjacent to an activating group) is 1. The summed E-state index contributed by atoms with van der Waals surface area (Å²) < 4.78 is 8.52. The van der Waals surface area contributed by atoms with E-state index < -0.39 is 17.4 Å². The van der Waals surface area contributed by atoms with Gasteiger partial charge in [-0.1, -0.05) is 0 Å². The number of hydrogen-bond donors (Lipinski definition) is 2. The van der Waals surface area contributed by atoms with Crippen LogP contribution in [0.3, 0.4) is 0 Å². The number of imidazole rings is 1. The van der Waals surface area contributed by atoms with Crippen molar-refractivity contribution in [3.63, 3.8) is 0 Å². The highest BCUT2D eigenvalue weighted by Gasteiger charge is 2.25. The largest absolute Gasteiger partial charge is 0.389 e. The van der Waals surface area contributed by atoms with E-state index in [9.17, 15) is 14.7 Å². The molecular weight excluding hydrogens is 352 g/mol. The molecule has 2 N–H and O–H groups in total. The molecule has 0 unspecified atom stereocenters. The third kappa shape index (κ3) is 4.07. The van der Waals surface area contributed by atoms with Gasteiger partial charge in [-0.2, -0.15) is 4.98 Å². The van der Waals surface area contributed by atoms with E-state index in [4.69, 9.17) is 4.74 Å². The SMILES string of the molecule is CC(C)OC[C@H](O)Cn1c(N2CCN(C)CC2)nc2c1c(=O)[nH]c(=O)n2C. The van der Waals surface area contributed by atoms with Gasteiger partial charge in [0.2, 0.25) is 5.95 Å². The van der Waals surface area contributed by atoms with Crippen molar-refractivity contribution >= 4 is 17.1 Å². The maximum Gasteiger partial charge on any atom is 0.329 e. The molecular formula is C17H28N6O4. The zero-order valence-electron chi connectivity index (χ0n) is 16.3. The topological polar surface area (TPSA) is 109 Å². The first-order chi connectivity index (χ1) is 12.8. The zero-order chi connectivity index (χ0) is 19.7. The molecule has 1 aliphatic heterocycles. The van der Waals surface area contributed by atoms with E-state index in [-0.39, 0.29) is 24.8 Å². The number of piperazine rings is 1. The van der Waals surface area contributed by atoms with Gasteiger partial charge in [0.1, 0.15) is 0 Å². The number of anilines is 1. The van der Waals surface area contributed by atoms with Crippen molar-refractivity contribution in [1.82, 2.24) is 24.0 Å². The van der Waals surface area contributed by atoms with Gasteiger partial charge < -0.3 is 24.2 Å². The fourth-order valence-corrected chi connectivity index (χ4v) is 3.21. The van der Waals surface area contributed by atoms with Gasteiger partial charge >= 0.3 is 5.69 Å². The fourth-order valence-electron chi connectivity index (χ4n) is 3.21. The normalized spacial score (nSPS) is 17.2. The first kappa shape index (κ1) is 19.6. The number of aliphatic hydroxyl groups is 1.